The van der Waals surface area contributed by atoms with Gasteiger partial charge in [-0.3, -0.25) is 0 Å². The second-order valence-corrected chi connectivity index (χ2v) is 6.08. The predicted molar refractivity (Wildman–Crippen MR) is 56.3 cm³/mol. The van der Waals surface area contributed by atoms with Crippen LogP contribution in [0.15, 0.2) is 0 Å². The van der Waals surface area contributed by atoms with E-state index in [0.29, 0.717) is 10.8 Å². The standard InChI is InChI=1S/C12H21NO/c1-11(2-3-11)8-13-6-4-12(5-7-13)9-14-10-12/h2-10H2,1H3. The fourth-order valence-corrected chi connectivity index (χ4v) is 2.78. The Morgan fingerprint density at radius 3 is 2.14 bits per heavy atom. The number of likely N-dealkylation sites (tertiary alicyclic amines) is 1. The molecule has 0 aromatic heterocycles. The van der Waals surface area contributed by atoms with Crippen molar-refractivity contribution < 1.29 is 4.74 Å². The third-order valence-electron chi connectivity index (χ3n) is 4.44. The summed E-state index contributed by atoms with van der Waals surface area (Å²) < 4.78 is 5.35. The largest absolute Gasteiger partial charge is 0.380 e. The van der Waals surface area contributed by atoms with E-state index in [1.807, 2.05) is 0 Å². The first-order chi connectivity index (χ1) is 6.70. The first-order valence-electron chi connectivity index (χ1n) is 6.00. The van der Waals surface area contributed by atoms with Gasteiger partial charge in [0.15, 0.2) is 0 Å². The molecule has 2 heteroatoms. The Morgan fingerprint density at radius 2 is 1.71 bits per heavy atom. The highest BCUT2D eigenvalue weighted by Crippen LogP contribution is 2.47. The Kier molecular flexibility index (Phi) is 1.94. The van der Waals surface area contributed by atoms with E-state index in [-0.39, 0.29) is 0 Å². The van der Waals surface area contributed by atoms with Crippen LogP contribution in [0.25, 0.3) is 0 Å². The van der Waals surface area contributed by atoms with Crippen molar-refractivity contribution in [2.75, 3.05) is 32.8 Å². The van der Waals surface area contributed by atoms with Gasteiger partial charge >= 0.3 is 0 Å². The highest BCUT2D eigenvalue weighted by atomic mass is 16.5. The molecule has 0 N–H and O–H groups in total. The molecule has 3 rings (SSSR count). The predicted octanol–water partition coefficient (Wildman–Crippen LogP) is 1.90. The Hall–Kier alpha value is -0.0800. The molecule has 0 unspecified atom stereocenters. The molecule has 0 amide bonds. The van der Waals surface area contributed by atoms with E-state index in [1.54, 1.807) is 0 Å². The maximum absolute atomic E-state index is 5.35. The first kappa shape index (κ1) is 9.17. The quantitative estimate of drug-likeness (QED) is 0.667. The first-order valence-corrected chi connectivity index (χ1v) is 6.00. The molecule has 3 aliphatic rings. The molecule has 1 spiro atoms. The molecule has 2 nitrogen and oxygen atoms in total. The Bertz CT molecular complexity index is 220. The van der Waals surface area contributed by atoms with E-state index in [2.05, 4.69) is 11.8 Å². The van der Waals surface area contributed by atoms with Crippen molar-refractivity contribution in [1.29, 1.82) is 0 Å². The van der Waals surface area contributed by atoms with Crippen molar-refractivity contribution in [3.05, 3.63) is 0 Å². The second kappa shape index (κ2) is 2.96. The van der Waals surface area contributed by atoms with Gasteiger partial charge in [-0.05, 0) is 44.2 Å². The molecule has 0 aromatic carbocycles. The second-order valence-electron chi connectivity index (χ2n) is 6.08. The maximum Gasteiger partial charge on any atom is 0.0545 e. The summed E-state index contributed by atoms with van der Waals surface area (Å²) in [5.74, 6) is 0. The van der Waals surface area contributed by atoms with Crippen LogP contribution < -0.4 is 0 Å². The zero-order chi connectivity index (χ0) is 9.65. The van der Waals surface area contributed by atoms with Gasteiger partial charge in [0.05, 0.1) is 13.2 Å². The van der Waals surface area contributed by atoms with Gasteiger partial charge in [0.25, 0.3) is 0 Å². The molecular weight excluding hydrogens is 174 g/mol. The summed E-state index contributed by atoms with van der Waals surface area (Å²) in [5.41, 5.74) is 1.31. The van der Waals surface area contributed by atoms with Gasteiger partial charge in [-0.2, -0.15) is 0 Å². The SMILES string of the molecule is CC1(CN2CCC3(CC2)COC3)CC1. The monoisotopic (exact) mass is 195 g/mol. The summed E-state index contributed by atoms with van der Waals surface area (Å²) in [6.45, 7) is 8.50. The van der Waals surface area contributed by atoms with E-state index in [9.17, 15) is 0 Å². The molecule has 0 radical (unpaired) electrons. The zero-order valence-electron chi connectivity index (χ0n) is 9.22. The number of hydrogen-bond donors (Lipinski definition) is 0. The van der Waals surface area contributed by atoms with Crippen LogP contribution in [0, 0.1) is 10.8 Å². The normalized spacial score (nSPS) is 34.1. The van der Waals surface area contributed by atoms with Gasteiger partial charge in [-0.25, -0.2) is 0 Å². The third-order valence-corrected chi connectivity index (χ3v) is 4.44. The molecule has 0 aromatic rings. The van der Waals surface area contributed by atoms with Gasteiger partial charge in [-0.1, -0.05) is 6.92 Å². The summed E-state index contributed by atoms with van der Waals surface area (Å²) in [6, 6.07) is 0. The smallest absolute Gasteiger partial charge is 0.0545 e. The van der Waals surface area contributed by atoms with Crippen LogP contribution in [0.3, 0.4) is 0 Å². The number of nitrogens with zero attached hydrogens (tertiary/aromatic N) is 1. The van der Waals surface area contributed by atoms with Crippen molar-refractivity contribution in [3.8, 4) is 0 Å². The number of rotatable bonds is 2. The van der Waals surface area contributed by atoms with Crippen LogP contribution in [-0.2, 0) is 4.74 Å². The lowest BCUT2D eigenvalue weighted by Gasteiger charge is -2.47. The average Bonchev–Trinajstić information content (AvgIpc) is 2.82. The van der Waals surface area contributed by atoms with Crippen molar-refractivity contribution in [3.63, 3.8) is 0 Å². The summed E-state index contributed by atoms with van der Waals surface area (Å²) in [5, 5.41) is 0. The van der Waals surface area contributed by atoms with Crippen LogP contribution in [0.4, 0.5) is 0 Å². The lowest BCUT2D eigenvalue weighted by Crippen LogP contribution is -2.51. The van der Waals surface area contributed by atoms with E-state index in [0.717, 1.165) is 13.2 Å². The lowest BCUT2D eigenvalue weighted by molar-refractivity contribution is -0.140. The highest BCUT2D eigenvalue weighted by molar-refractivity contribution is 4.95. The summed E-state index contributed by atoms with van der Waals surface area (Å²) >= 11 is 0. The van der Waals surface area contributed by atoms with Crippen LogP contribution >= 0.6 is 0 Å². The topological polar surface area (TPSA) is 12.5 Å². The van der Waals surface area contributed by atoms with Gasteiger partial charge in [0.2, 0.25) is 0 Å². The van der Waals surface area contributed by atoms with Crippen LogP contribution in [0.5, 0.6) is 0 Å². The average molecular weight is 195 g/mol. The van der Waals surface area contributed by atoms with Gasteiger partial charge in [0.1, 0.15) is 0 Å². The van der Waals surface area contributed by atoms with Crippen LogP contribution in [0.2, 0.25) is 0 Å². The van der Waals surface area contributed by atoms with Gasteiger partial charge < -0.3 is 9.64 Å². The molecule has 14 heavy (non-hydrogen) atoms. The maximum atomic E-state index is 5.35. The summed E-state index contributed by atoms with van der Waals surface area (Å²) in [7, 11) is 0. The molecule has 2 saturated heterocycles. The minimum atomic E-state index is 0.612. The number of hydrogen-bond acceptors (Lipinski definition) is 2. The molecule has 80 valence electrons. The fourth-order valence-electron chi connectivity index (χ4n) is 2.78. The molecule has 2 aliphatic heterocycles. The third kappa shape index (κ3) is 1.59. The molecular formula is C12H21NO. The van der Waals surface area contributed by atoms with Crippen molar-refractivity contribution in [2.45, 2.75) is 32.6 Å². The van der Waals surface area contributed by atoms with E-state index >= 15 is 0 Å². The molecule has 1 saturated carbocycles. The van der Waals surface area contributed by atoms with Gasteiger partial charge in [0, 0.05) is 12.0 Å². The van der Waals surface area contributed by atoms with E-state index in [4.69, 9.17) is 4.74 Å². The number of ether oxygens (including phenoxy) is 1. The number of piperidine rings is 1. The van der Waals surface area contributed by atoms with Gasteiger partial charge in [-0.15, -0.1) is 0 Å². The molecule has 0 bridgehead atoms. The van der Waals surface area contributed by atoms with Crippen LogP contribution in [-0.4, -0.2) is 37.7 Å². The minimum Gasteiger partial charge on any atom is -0.380 e. The van der Waals surface area contributed by atoms with Crippen molar-refractivity contribution >= 4 is 0 Å². The fraction of sp³-hybridized carbons (Fsp3) is 1.00. The van der Waals surface area contributed by atoms with Crippen LogP contribution in [0.1, 0.15) is 32.6 Å². The van der Waals surface area contributed by atoms with E-state index < -0.39 is 0 Å². The lowest BCUT2D eigenvalue weighted by atomic mass is 9.76. The molecule has 1 aliphatic carbocycles. The summed E-state index contributed by atoms with van der Waals surface area (Å²) in [6.07, 6.45) is 5.67. The Labute approximate surface area is 86.6 Å². The van der Waals surface area contributed by atoms with Crippen molar-refractivity contribution in [2.24, 2.45) is 10.8 Å². The molecule has 3 fully saturated rings. The molecule has 0 atom stereocenters. The summed E-state index contributed by atoms with van der Waals surface area (Å²) in [4.78, 5) is 2.68. The van der Waals surface area contributed by atoms with Crippen molar-refractivity contribution in [1.82, 2.24) is 4.90 Å². The molecule has 2 heterocycles. The highest BCUT2D eigenvalue weighted by Gasteiger charge is 2.44. The van der Waals surface area contributed by atoms with E-state index in [1.165, 1.54) is 45.3 Å². The minimum absolute atomic E-state index is 0.612. The zero-order valence-corrected chi connectivity index (χ0v) is 9.22. The Morgan fingerprint density at radius 1 is 1.07 bits per heavy atom. The Balaban J connectivity index is 1.50.